The van der Waals surface area contributed by atoms with Gasteiger partial charge in [-0.05, 0) is 72.1 Å². The number of rotatable bonds is 7. The van der Waals surface area contributed by atoms with Gasteiger partial charge in [-0.25, -0.2) is 4.79 Å². The third-order valence-electron chi connectivity index (χ3n) is 8.83. The fourth-order valence-corrected chi connectivity index (χ4v) is 6.79. The van der Waals surface area contributed by atoms with Crippen LogP contribution < -0.4 is 10.1 Å². The Morgan fingerprint density at radius 3 is 2.51 bits per heavy atom. The molecule has 3 aromatic carbocycles. The predicted molar refractivity (Wildman–Crippen MR) is 149 cm³/mol. The SMILES string of the molecule is CNC[C@@H]1C[C@@H](CO)[C@@](O)([C@]2(O)O[C@@H](C(=O)Oc3c(CO)[nH]c4ccc5cc6ccccc6cc5c34)[C@H](O)[C@H]2O)C1. The highest BCUT2D eigenvalue weighted by molar-refractivity contribution is 6.14. The van der Waals surface area contributed by atoms with E-state index in [0.717, 1.165) is 21.5 Å². The van der Waals surface area contributed by atoms with Gasteiger partial charge in [0.15, 0.2) is 11.9 Å². The van der Waals surface area contributed by atoms with Gasteiger partial charge in [0.05, 0.1) is 23.2 Å². The molecule has 1 saturated heterocycles. The summed E-state index contributed by atoms with van der Waals surface area (Å²) in [6, 6.07) is 15.5. The number of nitrogens with one attached hydrogen (secondary N) is 2. The Bertz CT molecular complexity index is 1620. The second kappa shape index (κ2) is 10.3. The maximum Gasteiger partial charge on any atom is 0.343 e. The van der Waals surface area contributed by atoms with E-state index in [2.05, 4.69) is 10.3 Å². The zero-order chi connectivity index (χ0) is 29.1. The summed E-state index contributed by atoms with van der Waals surface area (Å²) < 4.78 is 11.3. The molecule has 11 nitrogen and oxygen atoms in total. The number of hydrogen-bond acceptors (Lipinski definition) is 10. The van der Waals surface area contributed by atoms with E-state index >= 15 is 0 Å². The Kier molecular flexibility index (Phi) is 7.04. The van der Waals surface area contributed by atoms with Crippen LogP contribution in [0.2, 0.25) is 0 Å². The minimum atomic E-state index is -2.75. The third-order valence-corrected chi connectivity index (χ3v) is 8.83. The predicted octanol–water partition coefficient (Wildman–Crippen LogP) is 0.650. The topological polar surface area (TPSA) is 185 Å². The number of hydrogen-bond donors (Lipinski definition) is 8. The lowest BCUT2D eigenvalue weighted by Gasteiger charge is -2.42. The largest absolute Gasteiger partial charge is 0.422 e. The number of fused-ring (bicyclic) bond motifs is 4. The van der Waals surface area contributed by atoms with Gasteiger partial charge in [-0.3, -0.25) is 0 Å². The van der Waals surface area contributed by atoms with Crippen LogP contribution in [0.4, 0.5) is 0 Å². The zero-order valence-corrected chi connectivity index (χ0v) is 22.4. The van der Waals surface area contributed by atoms with Crippen LogP contribution in [0.3, 0.4) is 0 Å². The van der Waals surface area contributed by atoms with Crippen molar-refractivity contribution in [3.8, 4) is 5.75 Å². The molecular weight excluding hydrogens is 532 g/mol. The van der Waals surface area contributed by atoms with Crippen LogP contribution in [0.5, 0.6) is 5.75 Å². The molecule has 2 aliphatic rings. The van der Waals surface area contributed by atoms with Gasteiger partial charge in [0, 0.05) is 12.5 Å². The molecule has 11 heteroatoms. The van der Waals surface area contributed by atoms with Gasteiger partial charge in [-0.1, -0.05) is 30.3 Å². The first-order valence-electron chi connectivity index (χ1n) is 13.7. The number of aromatic nitrogens is 1. The summed E-state index contributed by atoms with van der Waals surface area (Å²) in [5, 5.41) is 71.9. The van der Waals surface area contributed by atoms with Gasteiger partial charge < -0.3 is 50.4 Å². The Morgan fingerprint density at radius 2 is 1.83 bits per heavy atom. The van der Waals surface area contributed by atoms with E-state index < -0.39 is 54.8 Å². The van der Waals surface area contributed by atoms with Crippen LogP contribution in [-0.2, 0) is 16.1 Å². The van der Waals surface area contributed by atoms with Crippen LogP contribution in [0, 0.1) is 11.8 Å². The Morgan fingerprint density at radius 1 is 1.10 bits per heavy atom. The van der Waals surface area contributed by atoms with Crippen LogP contribution >= 0.6 is 0 Å². The Labute approximate surface area is 234 Å². The van der Waals surface area contributed by atoms with E-state index in [4.69, 9.17) is 9.47 Å². The standard InChI is InChI=1S/C30H34N2O9/c1-31-12-15-8-19(13-33)29(38,11-15)30(39)27(36)24(35)26(41-30)28(37)40-25-22(14-34)32-21-7-6-18-9-16-4-2-3-5-17(16)10-20(18)23(21)25/h2-7,9-10,15,19,24,26-27,31-36,38-39H,8,11-14H2,1H3/t15-,19+,24+,26-,27-,29-,30-/m1/s1. The van der Waals surface area contributed by atoms with Crippen molar-refractivity contribution in [2.24, 2.45) is 11.8 Å². The van der Waals surface area contributed by atoms with E-state index in [1.165, 1.54) is 0 Å². The van der Waals surface area contributed by atoms with Gasteiger partial charge in [0.2, 0.25) is 5.79 Å². The monoisotopic (exact) mass is 566 g/mol. The molecular formula is C30H34N2O9. The molecule has 2 heterocycles. The molecule has 1 saturated carbocycles. The highest BCUT2D eigenvalue weighted by atomic mass is 16.7. The number of H-pyrrole nitrogens is 1. The van der Waals surface area contributed by atoms with Crippen molar-refractivity contribution in [2.45, 2.75) is 49.1 Å². The number of aliphatic hydroxyl groups is 6. The number of carbonyl (C=O) groups excluding carboxylic acids is 1. The number of carbonyl (C=O) groups is 1. The first-order valence-corrected chi connectivity index (χ1v) is 13.7. The number of aliphatic hydroxyl groups excluding tert-OH is 4. The van der Waals surface area contributed by atoms with Gasteiger partial charge in [-0.15, -0.1) is 0 Å². The van der Waals surface area contributed by atoms with Gasteiger partial charge in [0.25, 0.3) is 0 Å². The first kappa shape index (κ1) is 28.0. The fourth-order valence-electron chi connectivity index (χ4n) is 6.79. The maximum absolute atomic E-state index is 13.5. The Hall–Kier alpha value is -3.13. The van der Waals surface area contributed by atoms with Crippen LogP contribution in [0.1, 0.15) is 18.5 Å². The average molecular weight is 567 g/mol. The molecule has 1 aliphatic heterocycles. The van der Waals surface area contributed by atoms with Crippen molar-refractivity contribution in [1.29, 1.82) is 0 Å². The second-order valence-corrected chi connectivity index (χ2v) is 11.3. The summed E-state index contributed by atoms with van der Waals surface area (Å²) in [7, 11) is 1.73. The normalized spacial score (nSPS) is 31.9. The summed E-state index contributed by atoms with van der Waals surface area (Å²) in [4.78, 5) is 16.6. The summed E-state index contributed by atoms with van der Waals surface area (Å²) in [5.41, 5.74) is -1.33. The first-order chi connectivity index (χ1) is 19.6. The van der Waals surface area contributed by atoms with E-state index in [9.17, 15) is 35.4 Å². The summed E-state index contributed by atoms with van der Waals surface area (Å²) in [6.45, 7) is -0.512. The molecule has 1 aromatic heterocycles. The lowest BCUT2D eigenvalue weighted by Crippen LogP contribution is -2.63. The number of esters is 1. The maximum atomic E-state index is 13.5. The van der Waals surface area contributed by atoms with E-state index in [1.807, 2.05) is 42.5 Å². The smallest absolute Gasteiger partial charge is 0.343 e. The molecule has 0 unspecified atom stereocenters. The molecule has 1 aliphatic carbocycles. The number of ether oxygens (including phenoxy) is 2. The van der Waals surface area contributed by atoms with E-state index in [1.54, 1.807) is 13.1 Å². The van der Waals surface area contributed by atoms with Gasteiger partial charge >= 0.3 is 5.97 Å². The molecule has 218 valence electrons. The summed E-state index contributed by atoms with van der Waals surface area (Å²) >= 11 is 0. The van der Waals surface area contributed by atoms with Crippen molar-refractivity contribution in [3.63, 3.8) is 0 Å². The van der Waals surface area contributed by atoms with Crippen molar-refractivity contribution in [1.82, 2.24) is 10.3 Å². The zero-order valence-electron chi connectivity index (χ0n) is 22.4. The highest BCUT2D eigenvalue weighted by Gasteiger charge is 2.70. The number of benzene rings is 3. The molecule has 41 heavy (non-hydrogen) atoms. The van der Waals surface area contributed by atoms with Crippen LogP contribution in [0.25, 0.3) is 32.4 Å². The van der Waals surface area contributed by atoms with Crippen molar-refractivity contribution in [2.75, 3.05) is 20.2 Å². The molecule has 0 radical (unpaired) electrons. The molecule has 2 fully saturated rings. The Balaban J connectivity index is 1.36. The number of aromatic amines is 1. The van der Waals surface area contributed by atoms with Crippen molar-refractivity contribution >= 4 is 38.4 Å². The van der Waals surface area contributed by atoms with Gasteiger partial charge in [0.1, 0.15) is 17.8 Å². The highest BCUT2D eigenvalue weighted by Crippen LogP contribution is 2.51. The molecule has 0 spiro atoms. The molecule has 0 amide bonds. The van der Waals surface area contributed by atoms with Crippen molar-refractivity contribution in [3.05, 3.63) is 54.2 Å². The quantitative estimate of drug-likeness (QED) is 0.117. The second-order valence-electron chi connectivity index (χ2n) is 11.3. The minimum Gasteiger partial charge on any atom is -0.422 e. The van der Waals surface area contributed by atoms with E-state index in [-0.39, 0.29) is 23.8 Å². The minimum absolute atomic E-state index is 0.0241. The summed E-state index contributed by atoms with van der Waals surface area (Å²) in [5.74, 6) is -4.89. The van der Waals surface area contributed by atoms with Crippen LogP contribution in [-0.4, -0.2) is 91.5 Å². The molecule has 0 bridgehead atoms. The van der Waals surface area contributed by atoms with Gasteiger partial charge in [-0.2, -0.15) is 0 Å². The molecule has 4 aromatic rings. The van der Waals surface area contributed by atoms with Crippen molar-refractivity contribution < 1.29 is 44.9 Å². The molecule has 8 N–H and O–H groups in total. The lowest BCUT2D eigenvalue weighted by atomic mass is 9.79. The lowest BCUT2D eigenvalue weighted by molar-refractivity contribution is -0.326. The van der Waals surface area contributed by atoms with Crippen LogP contribution in [0.15, 0.2) is 48.5 Å². The van der Waals surface area contributed by atoms with E-state index in [0.29, 0.717) is 23.9 Å². The average Bonchev–Trinajstić information content (AvgIpc) is 3.58. The fraction of sp³-hybridized carbons (Fsp3) is 0.433. The summed E-state index contributed by atoms with van der Waals surface area (Å²) in [6.07, 6.45) is -5.59. The molecule has 6 rings (SSSR count). The molecule has 7 atom stereocenters. The third kappa shape index (κ3) is 4.24.